The lowest BCUT2D eigenvalue weighted by molar-refractivity contribution is -0.141. The molecule has 2 fully saturated rings. The molecule has 1 aliphatic heterocycles. The van der Waals surface area contributed by atoms with Crippen LogP contribution >= 0.6 is 0 Å². The van der Waals surface area contributed by atoms with Crippen LogP contribution < -0.4 is 5.32 Å². The summed E-state index contributed by atoms with van der Waals surface area (Å²) in [6.07, 6.45) is 3.70. The van der Waals surface area contributed by atoms with Gasteiger partial charge in [0.25, 0.3) is 0 Å². The molecule has 0 radical (unpaired) electrons. The lowest BCUT2D eigenvalue weighted by Gasteiger charge is -2.27. The molecule has 0 spiro atoms. The average molecular weight is 255 g/mol. The Morgan fingerprint density at radius 3 is 2.56 bits per heavy atom. The topological polar surface area (TPSA) is 75.6 Å². The Balaban J connectivity index is 1.79. The molecule has 5 nitrogen and oxygen atoms in total. The zero-order valence-electron chi connectivity index (χ0n) is 10.7. The van der Waals surface area contributed by atoms with Crippen LogP contribution in [0, 0.1) is 11.8 Å². The van der Waals surface area contributed by atoms with E-state index in [0.29, 0.717) is 19.4 Å². The number of hydrogen-bond acceptors (Lipinski definition) is 3. The van der Waals surface area contributed by atoms with Gasteiger partial charge in [-0.25, -0.2) is 0 Å². The molecule has 0 aromatic carbocycles. The van der Waals surface area contributed by atoms with Crippen molar-refractivity contribution in [2.75, 3.05) is 6.61 Å². The normalized spacial score (nSPS) is 36.3. The number of carbonyl (C=O) groups is 2. The van der Waals surface area contributed by atoms with Gasteiger partial charge < -0.3 is 15.2 Å². The van der Waals surface area contributed by atoms with E-state index in [1.165, 1.54) is 0 Å². The smallest absolute Gasteiger partial charge is 0.306 e. The Morgan fingerprint density at radius 1 is 1.17 bits per heavy atom. The highest BCUT2D eigenvalue weighted by Gasteiger charge is 2.33. The van der Waals surface area contributed by atoms with Crippen LogP contribution in [0.1, 0.15) is 39.0 Å². The first-order chi connectivity index (χ1) is 8.56. The van der Waals surface area contributed by atoms with Gasteiger partial charge in [-0.2, -0.15) is 0 Å². The number of hydrogen-bond donors (Lipinski definition) is 2. The van der Waals surface area contributed by atoms with Gasteiger partial charge in [0.15, 0.2) is 0 Å². The Bertz CT molecular complexity index is 331. The van der Waals surface area contributed by atoms with Gasteiger partial charge in [-0.15, -0.1) is 0 Å². The van der Waals surface area contributed by atoms with Gasteiger partial charge in [0.05, 0.1) is 12.0 Å². The summed E-state index contributed by atoms with van der Waals surface area (Å²) < 4.78 is 5.42. The van der Waals surface area contributed by atoms with E-state index >= 15 is 0 Å². The predicted molar refractivity (Wildman–Crippen MR) is 65.0 cm³/mol. The first-order valence-corrected chi connectivity index (χ1v) is 6.71. The minimum Gasteiger partial charge on any atom is -0.481 e. The van der Waals surface area contributed by atoms with Gasteiger partial charge in [0.1, 0.15) is 0 Å². The second kappa shape index (κ2) is 5.69. The van der Waals surface area contributed by atoms with Gasteiger partial charge in [0.2, 0.25) is 5.91 Å². The highest BCUT2D eigenvalue weighted by molar-refractivity contribution is 5.79. The lowest BCUT2D eigenvalue weighted by atomic mass is 9.95. The first kappa shape index (κ1) is 13.3. The number of carboxylic acid groups (broad SMARTS) is 1. The molecule has 0 bridgehead atoms. The van der Waals surface area contributed by atoms with E-state index < -0.39 is 5.97 Å². The van der Waals surface area contributed by atoms with Crippen molar-refractivity contribution in [2.45, 2.75) is 51.2 Å². The molecule has 2 aliphatic rings. The van der Waals surface area contributed by atoms with Crippen molar-refractivity contribution in [2.24, 2.45) is 11.8 Å². The summed E-state index contributed by atoms with van der Waals surface area (Å²) in [6.45, 7) is 2.62. The number of carboxylic acids is 1. The van der Waals surface area contributed by atoms with Gasteiger partial charge in [0, 0.05) is 18.6 Å². The molecule has 1 amide bonds. The molecule has 0 aromatic heterocycles. The summed E-state index contributed by atoms with van der Waals surface area (Å²) >= 11 is 0. The summed E-state index contributed by atoms with van der Waals surface area (Å²) in [7, 11) is 0. The van der Waals surface area contributed by atoms with Gasteiger partial charge in [-0.05, 0) is 39.0 Å². The maximum atomic E-state index is 12.1. The molecule has 1 saturated heterocycles. The van der Waals surface area contributed by atoms with Crippen LogP contribution in [0.5, 0.6) is 0 Å². The largest absolute Gasteiger partial charge is 0.481 e. The van der Waals surface area contributed by atoms with Gasteiger partial charge in [-0.1, -0.05) is 0 Å². The zero-order chi connectivity index (χ0) is 13.1. The Morgan fingerprint density at radius 2 is 1.94 bits per heavy atom. The van der Waals surface area contributed by atoms with E-state index in [1.807, 2.05) is 6.92 Å². The van der Waals surface area contributed by atoms with Crippen LogP contribution in [0.25, 0.3) is 0 Å². The van der Waals surface area contributed by atoms with Crippen molar-refractivity contribution in [3.8, 4) is 0 Å². The van der Waals surface area contributed by atoms with E-state index in [9.17, 15) is 9.59 Å². The van der Waals surface area contributed by atoms with Crippen molar-refractivity contribution in [1.82, 2.24) is 5.32 Å². The number of rotatable bonds is 3. The monoisotopic (exact) mass is 255 g/mol. The molecule has 1 saturated carbocycles. The van der Waals surface area contributed by atoms with Crippen molar-refractivity contribution in [3.63, 3.8) is 0 Å². The first-order valence-electron chi connectivity index (χ1n) is 6.71. The molecule has 18 heavy (non-hydrogen) atoms. The Hall–Kier alpha value is -1.10. The van der Waals surface area contributed by atoms with E-state index in [-0.39, 0.29) is 29.9 Å². The molecule has 102 valence electrons. The highest BCUT2D eigenvalue weighted by atomic mass is 16.5. The van der Waals surface area contributed by atoms with Crippen LogP contribution in [0.3, 0.4) is 0 Å². The minimum absolute atomic E-state index is 0.0256. The molecule has 1 heterocycles. The summed E-state index contributed by atoms with van der Waals surface area (Å²) in [4.78, 5) is 22.9. The summed E-state index contributed by atoms with van der Waals surface area (Å²) in [5, 5.41) is 11.9. The number of ether oxygens (including phenoxy) is 1. The summed E-state index contributed by atoms with van der Waals surface area (Å²) in [5.74, 6) is -0.936. The van der Waals surface area contributed by atoms with Crippen LogP contribution in [0.15, 0.2) is 0 Å². The fourth-order valence-corrected chi connectivity index (χ4v) is 2.89. The van der Waals surface area contributed by atoms with Crippen LogP contribution in [0.4, 0.5) is 0 Å². The highest BCUT2D eigenvalue weighted by Crippen LogP contribution is 2.27. The summed E-state index contributed by atoms with van der Waals surface area (Å²) in [6, 6.07) is 0.0387. The molecular weight excluding hydrogens is 234 g/mol. The summed E-state index contributed by atoms with van der Waals surface area (Å²) in [5.41, 5.74) is 0. The SMILES string of the molecule is CC1CC(C(=O)N[C@H]2CC[C@@H](C(=O)O)C2)CCO1. The second-order valence-corrected chi connectivity index (χ2v) is 5.46. The maximum absolute atomic E-state index is 12.1. The van der Waals surface area contributed by atoms with E-state index in [2.05, 4.69) is 5.32 Å². The van der Waals surface area contributed by atoms with Crippen LogP contribution in [-0.2, 0) is 14.3 Å². The number of amides is 1. The van der Waals surface area contributed by atoms with E-state index in [4.69, 9.17) is 9.84 Å². The molecule has 0 aromatic rings. The van der Waals surface area contributed by atoms with Crippen molar-refractivity contribution in [1.29, 1.82) is 0 Å². The molecule has 2 N–H and O–H groups in total. The fourth-order valence-electron chi connectivity index (χ4n) is 2.89. The fraction of sp³-hybridized carbons (Fsp3) is 0.846. The second-order valence-electron chi connectivity index (χ2n) is 5.46. The Kier molecular flexibility index (Phi) is 4.22. The van der Waals surface area contributed by atoms with Crippen molar-refractivity contribution >= 4 is 11.9 Å². The molecule has 5 heteroatoms. The standard InChI is InChI=1S/C13H21NO4/c1-8-6-9(4-5-18-8)12(15)14-11-3-2-10(7-11)13(16)17/h8-11H,2-7H2,1H3,(H,14,15)(H,16,17)/t8?,9?,10-,11+/m1/s1. The van der Waals surface area contributed by atoms with Crippen molar-refractivity contribution in [3.05, 3.63) is 0 Å². The van der Waals surface area contributed by atoms with E-state index in [0.717, 1.165) is 19.3 Å². The molecule has 2 rings (SSSR count). The Labute approximate surface area is 107 Å². The third-order valence-corrected chi connectivity index (χ3v) is 3.98. The third-order valence-electron chi connectivity index (χ3n) is 3.98. The molecule has 4 atom stereocenters. The van der Waals surface area contributed by atoms with Gasteiger partial charge >= 0.3 is 5.97 Å². The number of aliphatic carboxylic acids is 1. The maximum Gasteiger partial charge on any atom is 0.306 e. The number of nitrogens with one attached hydrogen (secondary N) is 1. The van der Waals surface area contributed by atoms with Gasteiger partial charge in [-0.3, -0.25) is 9.59 Å². The average Bonchev–Trinajstić information content (AvgIpc) is 2.77. The molecule has 2 unspecified atom stereocenters. The quantitative estimate of drug-likeness (QED) is 0.793. The zero-order valence-corrected chi connectivity index (χ0v) is 10.7. The minimum atomic E-state index is -0.744. The van der Waals surface area contributed by atoms with Crippen molar-refractivity contribution < 1.29 is 19.4 Å². The third kappa shape index (κ3) is 3.22. The van der Waals surface area contributed by atoms with Crippen LogP contribution in [-0.4, -0.2) is 35.7 Å². The number of carbonyl (C=O) groups excluding carboxylic acids is 1. The van der Waals surface area contributed by atoms with Crippen LogP contribution in [0.2, 0.25) is 0 Å². The predicted octanol–water partition coefficient (Wildman–Crippen LogP) is 1.17. The molecular formula is C13H21NO4. The van der Waals surface area contributed by atoms with E-state index in [1.54, 1.807) is 0 Å². The molecule has 1 aliphatic carbocycles. The lowest BCUT2D eigenvalue weighted by Crippen LogP contribution is -2.41.